The van der Waals surface area contributed by atoms with Gasteiger partial charge in [0.15, 0.2) is 5.16 Å². The van der Waals surface area contributed by atoms with Gasteiger partial charge < -0.3 is 9.40 Å². The Hall–Kier alpha value is -3.17. The van der Waals surface area contributed by atoms with Gasteiger partial charge in [-0.2, -0.15) is 0 Å². The van der Waals surface area contributed by atoms with Crippen LogP contribution in [0.2, 0.25) is 0 Å². The number of carbonyl (C=O) groups is 2. The fraction of sp³-hybridized carbons (Fsp3) is 0.273. The highest BCUT2D eigenvalue weighted by molar-refractivity contribution is 7.98. The Bertz CT molecular complexity index is 1210. The predicted molar refractivity (Wildman–Crippen MR) is 114 cm³/mol. The first kappa shape index (κ1) is 19.8. The van der Waals surface area contributed by atoms with Gasteiger partial charge in [0.25, 0.3) is 17.4 Å². The Labute approximate surface area is 182 Å². The standard InChI is InChI=1S/C22H20N4O4S/c1-31-22-23-18-8-9-25(12-17(18)19(27)24-22)10-13-6-7-14(30-13)11-26-20(28)15-4-2-3-5-16(15)21(26)29/h2-7H,8-12H2,1H3,(H,23,24,27). The van der Waals surface area contributed by atoms with E-state index in [4.69, 9.17) is 4.42 Å². The lowest BCUT2D eigenvalue weighted by atomic mass is 10.1. The number of hydrogen-bond donors (Lipinski definition) is 1. The van der Waals surface area contributed by atoms with Crippen molar-refractivity contribution in [1.29, 1.82) is 0 Å². The third-order valence-electron chi connectivity index (χ3n) is 5.61. The molecule has 0 aliphatic carbocycles. The van der Waals surface area contributed by atoms with Gasteiger partial charge in [-0.1, -0.05) is 23.9 Å². The molecule has 1 aromatic carbocycles. The van der Waals surface area contributed by atoms with Crippen molar-refractivity contribution in [2.24, 2.45) is 0 Å². The normalized spacial score (nSPS) is 16.0. The minimum Gasteiger partial charge on any atom is -0.463 e. The van der Waals surface area contributed by atoms with E-state index in [1.54, 1.807) is 30.3 Å². The molecule has 0 spiro atoms. The number of imide groups is 1. The Balaban J connectivity index is 1.27. The maximum atomic E-state index is 12.5. The van der Waals surface area contributed by atoms with Gasteiger partial charge in [0, 0.05) is 19.5 Å². The molecule has 2 aliphatic rings. The highest BCUT2D eigenvalue weighted by Crippen LogP contribution is 2.25. The maximum absolute atomic E-state index is 12.5. The van der Waals surface area contributed by atoms with E-state index in [1.165, 1.54) is 16.7 Å². The number of carbonyl (C=O) groups excluding carboxylic acids is 2. The number of nitrogens with one attached hydrogen (secondary N) is 1. The highest BCUT2D eigenvalue weighted by Gasteiger charge is 2.35. The number of amides is 2. The summed E-state index contributed by atoms with van der Waals surface area (Å²) in [5.74, 6) is 0.663. The SMILES string of the molecule is CSc1nc2c(c(=O)[nH]1)CN(Cc1ccc(CN3C(=O)c4ccccc4C3=O)o1)CC2. The third-order valence-corrected chi connectivity index (χ3v) is 6.19. The van der Waals surface area contributed by atoms with E-state index in [0.717, 1.165) is 18.0 Å². The van der Waals surface area contributed by atoms with Crippen molar-refractivity contribution in [3.05, 3.63) is 80.7 Å². The first-order valence-electron chi connectivity index (χ1n) is 9.94. The fourth-order valence-electron chi connectivity index (χ4n) is 4.04. The third kappa shape index (κ3) is 3.60. The van der Waals surface area contributed by atoms with E-state index in [-0.39, 0.29) is 23.9 Å². The van der Waals surface area contributed by atoms with Crippen LogP contribution in [-0.4, -0.2) is 44.4 Å². The van der Waals surface area contributed by atoms with Crippen molar-refractivity contribution in [1.82, 2.24) is 19.8 Å². The molecule has 0 fully saturated rings. The number of thioether (sulfide) groups is 1. The fourth-order valence-corrected chi connectivity index (χ4v) is 4.44. The van der Waals surface area contributed by atoms with Gasteiger partial charge in [0.05, 0.1) is 35.5 Å². The van der Waals surface area contributed by atoms with Crippen LogP contribution in [0.4, 0.5) is 0 Å². The lowest BCUT2D eigenvalue weighted by Gasteiger charge is -2.26. The molecule has 0 atom stereocenters. The second-order valence-electron chi connectivity index (χ2n) is 7.57. The summed E-state index contributed by atoms with van der Waals surface area (Å²) in [6.07, 6.45) is 2.59. The summed E-state index contributed by atoms with van der Waals surface area (Å²) >= 11 is 1.42. The molecule has 2 amide bonds. The summed E-state index contributed by atoms with van der Waals surface area (Å²) < 4.78 is 5.91. The molecule has 9 heteroatoms. The van der Waals surface area contributed by atoms with Crippen LogP contribution in [0.25, 0.3) is 0 Å². The predicted octanol–water partition coefficient (Wildman–Crippen LogP) is 2.44. The van der Waals surface area contributed by atoms with Gasteiger partial charge >= 0.3 is 0 Å². The van der Waals surface area contributed by atoms with E-state index < -0.39 is 0 Å². The molecule has 1 N–H and O–H groups in total. The van der Waals surface area contributed by atoms with Gasteiger partial charge in [-0.3, -0.25) is 24.2 Å². The van der Waals surface area contributed by atoms with Gasteiger partial charge in [-0.05, 0) is 30.5 Å². The van der Waals surface area contributed by atoms with Crippen molar-refractivity contribution < 1.29 is 14.0 Å². The second kappa shape index (κ2) is 7.82. The Morgan fingerprint density at radius 3 is 2.39 bits per heavy atom. The second-order valence-corrected chi connectivity index (χ2v) is 8.37. The number of nitrogens with zero attached hydrogens (tertiary/aromatic N) is 3. The van der Waals surface area contributed by atoms with Crippen molar-refractivity contribution in [2.45, 2.75) is 31.2 Å². The first-order chi connectivity index (χ1) is 15.0. The lowest BCUT2D eigenvalue weighted by Crippen LogP contribution is -2.35. The number of rotatable bonds is 5. The largest absolute Gasteiger partial charge is 0.463 e. The van der Waals surface area contributed by atoms with Crippen LogP contribution in [0.1, 0.15) is 43.5 Å². The molecule has 31 heavy (non-hydrogen) atoms. The van der Waals surface area contributed by atoms with Crippen LogP contribution in [0, 0.1) is 0 Å². The van der Waals surface area contributed by atoms with Crippen LogP contribution in [-0.2, 0) is 26.1 Å². The first-order valence-corrected chi connectivity index (χ1v) is 11.2. The topological polar surface area (TPSA) is 99.5 Å². The molecule has 2 aromatic heterocycles. The van der Waals surface area contributed by atoms with Crippen molar-refractivity contribution in [2.75, 3.05) is 12.8 Å². The molecule has 0 bridgehead atoms. The molecule has 158 valence electrons. The maximum Gasteiger partial charge on any atom is 0.261 e. The number of benzene rings is 1. The molecule has 5 rings (SSSR count). The molecular formula is C22H20N4O4S. The smallest absolute Gasteiger partial charge is 0.261 e. The Morgan fingerprint density at radius 1 is 1.03 bits per heavy atom. The van der Waals surface area contributed by atoms with Crippen molar-refractivity contribution >= 4 is 23.6 Å². The summed E-state index contributed by atoms with van der Waals surface area (Å²) in [6, 6.07) is 10.5. The summed E-state index contributed by atoms with van der Waals surface area (Å²) in [5.41, 5.74) is 2.31. The summed E-state index contributed by atoms with van der Waals surface area (Å²) in [4.78, 5) is 48.1. The summed E-state index contributed by atoms with van der Waals surface area (Å²) in [6.45, 7) is 1.90. The van der Waals surface area contributed by atoms with Crippen molar-refractivity contribution in [3.8, 4) is 0 Å². The molecule has 0 saturated heterocycles. The highest BCUT2D eigenvalue weighted by atomic mass is 32.2. The van der Waals surface area contributed by atoms with E-state index in [1.807, 2.05) is 12.3 Å². The molecular weight excluding hydrogens is 416 g/mol. The molecule has 4 heterocycles. The lowest BCUT2D eigenvalue weighted by molar-refractivity contribution is 0.0630. The van der Waals surface area contributed by atoms with Crippen LogP contribution in [0.3, 0.4) is 0 Å². The molecule has 0 saturated carbocycles. The zero-order chi connectivity index (χ0) is 21.5. The van der Waals surface area contributed by atoms with Crippen LogP contribution < -0.4 is 5.56 Å². The van der Waals surface area contributed by atoms with Gasteiger partial charge in [-0.25, -0.2) is 4.98 Å². The Morgan fingerprint density at radius 2 is 1.71 bits per heavy atom. The average molecular weight is 436 g/mol. The molecule has 2 aliphatic heterocycles. The van der Waals surface area contributed by atoms with E-state index in [2.05, 4.69) is 14.9 Å². The number of hydrogen-bond acceptors (Lipinski definition) is 7. The van der Waals surface area contributed by atoms with E-state index in [9.17, 15) is 14.4 Å². The summed E-state index contributed by atoms with van der Waals surface area (Å²) in [7, 11) is 0. The van der Waals surface area contributed by atoms with Gasteiger partial charge in [-0.15, -0.1) is 0 Å². The zero-order valence-corrected chi connectivity index (χ0v) is 17.7. The summed E-state index contributed by atoms with van der Waals surface area (Å²) in [5, 5.41) is 0.640. The zero-order valence-electron chi connectivity index (χ0n) is 16.9. The number of furan rings is 1. The Kier molecular flexibility index (Phi) is 4.99. The van der Waals surface area contributed by atoms with E-state index >= 15 is 0 Å². The van der Waals surface area contributed by atoms with Crippen LogP contribution in [0.5, 0.6) is 0 Å². The van der Waals surface area contributed by atoms with Crippen molar-refractivity contribution in [3.63, 3.8) is 0 Å². The molecule has 0 unspecified atom stereocenters. The van der Waals surface area contributed by atoms with Crippen LogP contribution >= 0.6 is 11.8 Å². The number of aromatic amines is 1. The molecule has 0 radical (unpaired) electrons. The molecule has 3 aromatic rings. The quantitative estimate of drug-likeness (QED) is 0.373. The van der Waals surface area contributed by atoms with Crippen LogP contribution in [0.15, 0.2) is 50.8 Å². The minimum absolute atomic E-state index is 0.0928. The molecule has 8 nitrogen and oxygen atoms in total. The van der Waals surface area contributed by atoms with Gasteiger partial charge in [0.2, 0.25) is 0 Å². The number of fused-ring (bicyclic) bond motifs is 2. The number of aromatic nitrogens is 2. The minimum atomic E-state index is -0.303. The number of H-pyrrole nitrogens is 1. The monoisotopic (exact) mass is 436 g/mol. The van der Waals surface area contributed by atoms with E-state index in [0.29, 0.717) is 47.1 Å². The average Bonchev–Trinajstić information content (AvgIpc) is 3.32. The van der Waals surface area contributed by atoms with Gasteiger partial charge in [0.1, 0.15) is 11.5 Å².